The van der Waals surface area contributed by atoms with Crippen molar-refractivity contribution in [3.63, 3.8) is 0 Å². The fourth-order valence-corrected chi connectivity index (χ4v) is 2.68. The van der Waals surface area contributed by atoms with Gasteiger partial charge in [-0.15, -0.1) is 0 Å². The number of anilines is 1. The molecule has 1 heterocycles. The van der Waals surface area contributed by atoms with Gasteiger partial charge in [-0.2, -0.15) is 0 Å². The van der Waals surface area contributed by atoms with E-state index in [9.17, 15) is 19.7 Å². The van der Waals surface area contributed by atoms with Crippen molar-refractivity contribution in [2.75, 3.05) is 51.6 Å². The van der Waals surface area contributed by atoms with E-state index in [0.29, 0.717) is 45.0 Å². The van der Waals surface area contributed by atoms with E-state index in [4.69, 9.17) is 0 Å². The molecule has 1 fully saturated rings. The zero-order valence-corrected chi connectivity index (χ0v) is 14.2. The van der Waals surface area contributed by atoms with Gasteiger partial charge in [0.05, 0.1) is 11.5 Å². The maximum atomic E-state index is 12.2. The predicted octanol–water partition coefficient (Wildman–Crippen LogP) is 0.287. The van der Waals surface area contributed by atoms with Crippen molar-refractivity contribution < 1.29 is 14.5 Å². The molecule has 0 aromatic heterocycles. The van der Waals surface area contributed by atoms with Crippen LogP contribution in [0, 0.1) is 10.1 Å². The molecule has 1 aromatic carbocycles. The van der Waals surface area contributed by atoms with Crippen molar-refractivity contribution in [3.05, 3.63) is 34.4 Å². The number of likely N-dealkylation sites (N-methyl/N-ethyl adjacent to an activating group) is 1. The van der Waals surface area contributed by atoms with Crippen LogP contribution < -0.4 is 10.6 Å². The molecule has 1 aliphatic heterocycles. The SMILES string of the molecule is CNC(=O)CN1CCN(C(=O)CCNc2ccccc2[N+](=O)[O-])CC1. The molecule has 136 valence electrons. The van der Waals surface area contributed by atoms with Crippen LogP contribution in [0.25, 0.3) is 0 Å². The van der Waals surface area contributed by atoms with Gasteiger partial charge >= 0.3 is 0 Å². The largest absolute Gasteiger partial charge is 0.379 e. The summed E-state index contributed by atoms with van der Waals surface area (Å²) in [7, 11) is 1.60. The number of carbonyl (C=O) groups excluding carboxylic acids is 2. The molecule has 2 N–H and O–H groups in total. The molecule has 25 heavy (non-hydrogen) atoms. The van der Waals surface area contributed by atoms with E-state index in [1.807, 2.05) is 4.90 Å². The third-order valence-corrected chi connectivity index (χ3v) is 4.13. The highest BCUT2D eigenvalue weighted by molar-refractivity contribution is 5.78. The molecule has 9 nitrogen and oxygen atoms in total. The number of hydrogen-bond donors (Lipinski definition) is 2. The molecule has 0 radical (unpaired) electrons. The van der Waals surface area contributed by atoms with Crippen molar-refractivity contribution in [3.8, 4) is 0 Å². The second-order valence-electron chi connectivity index (χ2n) is 5.78. The second-order valence-corrected chi connectivity index (χ2v) is 5.78. The van der Waals surface area contributed by atoms with Crippen LogP contribution in [0.15, 0.2) is 24.3 Å². The Morgan fingerprint density at radius 3 is 2.52 bits per heavy atom. The average Bonchev–Trinajstić information content (AvgIpc) is 2.62. The molecule has 0 spiro atoms. The van der Waals surface area contributed by atoms with E-state index >= 15 is 0 Å². The lowest BCUT2D eigenvalue weighted by Gasteiger charge is -2.34. The van der Waals surface area contributed by atoms with Crippen molar-refractivity contribution in [1.82, 2.24) is 15.1 Å². The smallest absolute Gasteiger partial charge is 0.292 e. The number of benzene rings is 1. The summed E-state index contributed by atoms with van der Waals surface area (Å²) in [6.07, 6.45) is 0.265. The Morgan fingerprint density at radius 2 is 1.88 bits per heavy atom. The maximum Gasteiger partial charge on any atom is 0.292 e. The topological polar surface area (TPSA) is 108 Å². The zero-order chi connectivity index (χ0) is 18.2. The second kappa shape index (κ2) is 8.97. The van der Waals surface area contributed by atoms with Gasteiger partial charge in [0.2, 0.25) is 11.8 Å². The van der Waals surface area contributed by atoms with Gasteiger partial charge in [0.15, 0.2) is 0 Å². The molecule has 1 aliphatic rings. The normalized spacial score (nSPS) is 14.8. The lowest BCUT2D eigenvalue weighted by Crippen LogP contribution is -2.51. The minimum absolute atomic E-state index is 0.00207. The molecule has 9 heteroatoms. The van der Waals surface area contributed by atoms with Gasteiger partial charge < -0.3 is 15.5 Å². The van der Waals surface area contributed by atoms with Crippen LogP contribution in [0.4, 0.5) is 11.4 Å². The average molecular weight is 349 g/mol. The summed E-state index contributed by atoms with van der Waals surface area (Å²) >= 11 is 0. The van der Waals surface area contributed by atoms with E-state index < -0.39 is 4.92 Å². The Hall–Kier alpha value is -2.68. The van der Waals surface area contributed by atoms with E-state index in [-0.39, 0.29) is 23.9 Å². The monoisotopic (exact) mass is 349 g/mol. The van der Waals surface area contributed by atoms with Crippen LogP contribution in [-0.4, -0.2) is 72.9 Å². The van der Waals surface area contributed by atoms with Gasteiger partial charge in [-0.3, -0.25) is 24.6 Å². The first-order valence-electron chi connectivity index (χ1n) is 8.19. The van der Waals surface area contributed by atoms with Crippen LogP contribution in [0.2, 0.25) is 0 Å². The zero-order valence-electron chi connectivity index (χ0n) is 14.2. The summed E-state index contributed by atoms with van der Waals surface area (Å²) in [5, 5.41) is 16.5. The van der Waals surface area contributed by atoms with E-state index in [0.717, 1.165) is 0 Å². The maximum absolute atomic E-state index is 12.2. The quantitative estimate of drug-likeness (QED) is 0.541. The molecule has 1 saturated heterocycles. The number of rotatable bonds is 7. The summed E-state index contributed by atoms with van der Waals surface area (Å²) in [6.45, 7) is 3.18. The van der Waals surface area contributed by atoms with Crippen LogP contribution in [0.3, 0.4) is 0 Å². The predicted molar refractivity (Wildman–Crippen MR) is 93.3 cm³/mol. The number of para-hydroxylation sites is 2. The van der Waals surface area contributed by atoms with Gasteiger partial charge in [0.1, 0.15) is 5.69 Å². The van der Waals surface area contributed by atoms with E-state index in [1.54, 1.807) is 30.1 Å². The van der Waals surface area contributed by atoms with Gasteiger partial charge in [-0.25, -0.2) is 0 Å². The summed E-state index contributed by atoms with van der Waals surface area (Å²) in [5.74, 6) is -0.0286. The standard InChI is InChI=1S/C16H23N5O4/c1-17-15(22)12-19-8-10-20(11-9-19)16(23)6-7-18-13-4-2-3-5-14(13)21(24)25/h2-5,18H,6-12H2,1H3,(H,17,22). The van der Waals surface area contributed by atoms with Crippen LogP contribution in [0.5, 0.6) is 0 Å². The fourth-order valence-electron chi connectivity index (χ4n) is 2.68. The Bertz CT molecular complexity index is 629. The lowest BCUT2D eigenvalue weighted by molar-refractivity contribution is -0.384. The van der Waals surface area contributed by atoms with Crippen molar-refractivity contribution in [2.24, 2.45) is 0 Å². The molecule has 2 rings (SSSR count). The van der Waals surface area contributed by atoms with Gasteiger partial charge in [-0.05, 0) is 6.07 Å². The lowest BCUT2D eigenvalue weighted by atomic mass is 10.2. The number of nitro benzene ring substituents is 1. The number of amides is 2. The number of nitro groups is 1. The van der Waals surface area contributed by atoms with Crippen molar-refractivity contribution in [1.29, 1.82) is 0 Å². The van der Waals surface area contributed by atoms with Crippen molar-refractivity contribution in [2.45, 2.75) is 6.42 Å². The first-order valence-corrected chi connectivity index (χ1v) is 8.19. The summed E-state index contributed by atoms with van der Waals surface area (Å²) in [4.78, 5) is 37.9. The Balaban J connectivity index is 1.75. The highest BCUT2D eigenvalue weighted by Crippen LogP contribution is 2.22. The number of nitrogens with one attached hydrogen (secondary N) is 2. The highest BCUT2D eigenvalue weighted by Gasteiger charge is 2.22. The Labute approximate surface area is 146 Å². The number of piperazine rings is 1. The highest BCUT2D eigenvalue weighted by atomic mass is 16.6. The number of hydrogen-bond acceptors (Lipinski definition) is 6. The fraction of sp³-hybridized carbons (Fsp3) is 0.500. The minimum atomic E-state index is -0.449. The first kappa shape index (κ1) is 18.7. The van der Waals surface area contributed by atoms with Gasteiger partial charge in [0.25, 0.3) is 5.69 Å². The molecular formula is C16H23N5O4. The molecule has 2 amide bonds. The Kier molecular flexibility index (Phi) is 6.70. The summed E-state index contributed by atoms with van der Waals surface area (Å²) in [6, 6.07) is 6.37. The molecule has 1 aromatic rings. The van der Waals surface area contributed by atoms with Crippen LogP contribution >= 0.6 is 0 Å². The van der Waals surface area contributed by atoms with Crippen molar-refractivity contribution >= 4 is 23.2 Å². The molecule has 0 unspecified atom stereocenters. The van der Waals surface area contributed by atoms with Gasteiger partial charge in [-0.1, -0.05) is 12.1 Å². The Morgan fingerprint density at radius 1 is 1.20 bits per heavy atom. The van der Waals surface area contributed by atoms with Crippen LogP contribution in [0.1, 0.15) is 6.42 Å². The van der Waals surface area contributed by atoms with E-state index in [2.05, 4.69) is 10.6 Å². The third kappa shape index (κ3) is 5.42. The number of nitrogens with zero attached hydrogens (tertiary/aromatic N) is 3. The molecular weight excluding hydrogens is 326 g/mol. The minimum Gasteiger partial charge on any atom is -0.379 e. The molecule has 0 saturated carbocycles. The van der Waals surface area contributed by atoms with Gasteiger partial charge in [0, 0.05) is 52.3 Å². The third-order valence-electron chi connectivity index (χ3n) is 4.13. The first-order chi connectivity index (χ1) is 12.0. The molecule has 0 atom stereocenters. The molecule has 0 bridgehead atoms. The summed E-state index contributed by atoms with van der Waals surface area (Å²) < 4.78 is 0. The van der Waals surface area contributed by atoms with E-state index in [1.165, 1.54) is 6.07 Å². The molecule has 0 aliphatic carbocycles. The summed E-state index contributed by atoms with van der Waals surface area (Å²) in [5.41, 5.74) is 0.411. The number of carbonyl (C=O) groups is 2. The van der Waals surface area contributed by atoms with Crippen LogP contribution in [-0.2, 0) is 9.59 Å².